The van der Waals surface area contributed by atoms with Crippen LogP contribution in [0.1, 0.15) is 26.7 Å². The van der Waals surface area contributed by atoms with Crippen molar-refractivity contribution in [2.45, 2.75) is 26.7 Å². The molecule has 1 saturated heterocycles. The zero-order valence-corrected chi connectivity index (χ0v) is 11.9. The minimum absolute atomic E-state index is 0.0766. The molecule has 0 spiro atoms. The van der Waals surface area contributed by atoms with Crippen molar-refractivity contribution in [3.8, 4) is 0 Å². The van der Waals surface area contributed by atoms with Gasteiger partial charge in [-0.05, 0) is 18.3 Å². The average Bonchev–Trinajstić information content (AvgIpc) is 2.36. The fourth-order valence-corrected chi connectivity index (χ4v) is 2.04. The van der Waals surface area contributed by atoms with Gasteiger partial charge in [0.15, 0.2) is 0 Å². The highest BCUT2D eigenvalue weighted by Gasteiger charge is 2.28. The second-order valence-corrected chi connectivity index (χ2v) is 5.70. The zero-order chi connectivity index (χ0) is 14.5. The van der Waals surface area contributed by atoms with Crippen LogP contribution in [0.5, 0.6) is 0 Å². The lowest BCUT2D eigenvalue weighted by atomic mass is 9.82. The molecule has 1 atom stereocenters. The molecule has 110 valence electrons. The lowest BCUT2D eigenvalue weighted by molar-refractivity contribution is -0.141. The van der Waals surface area contributed by atoms with Crippen molar-refractivity contribution in [1.29, 1.82) is 0 Å². The number of hydrogen-bond donors (Lipinski definition) is 2. The van der Waals surface area contributed by atoms with Crippen molar-refractivity contribution in [2.24, 2.45) is 11.3 Å². The first-order chi connectivity index (χ1) is 8.84. The van der Waals surface area contributed by atoms with E-state index in [9.17, 15) is 9.59 Å². The molecule has 6 heteroatoms. The third-order valence-corrected chi connectivity index (χ3v) is 3.68. The summed E-state index contributed by atoms with van der Waals surface area (Å²) >= 11 is 0. The quantitative estimate of drug-likeness (QED) is 0.787. The van der Waals surface area contributed by atoms with Crippen LogP contribution in [0.3, 0.4) is 0 Å². The lowest BCUT2D eigenvalue weighted by Crippen LogP contribution is -2.45. The van der Waals surface area contributed by atoms with Crippen LogP contribution in [0.4, 0.5) is 4.79 Å². The smallest absolute Gasteiger partial charge is 0.317 e. The Morgan fingerprint density at radius 3 is 2.53 bits per heavy atom. The maximum Gasteiger partial charge on any atom is 0.317 e. The fraction of sp³-hybridized carbons (Fsp3) is 0.846. The second kappa shape index (κ2) is 6.75. The molecule has 1 fully saturated rings. The molecular weight excluding hydrogens is 248 g/mol. The van der Waals surface area contributed by atoms with Crippen LogP contribution in [-0.2, 0) is 9.53 Å². The van der Waals surface area contributed by atoms with Gasteiger partial charge < -0.3 is 20.1 Å². The van der Waals surface area contributed by atoms with E-state index in [2.05, 4.69) is 12.2 Å². The number of carbonyl (C=O) groups is 2. The highest BCUT2D eigenvalue weighted by molar-refractivity contribution is 5.75. The standard InChI is InChI=1S/C13H24N2O4/c1-10(11(16)17)8-15(3)12(18)14-9-13(2)4-6-19-7-5-13/h10H,4-9H2,1-3H3,(H,14,18)(H,16,17). The van der Waals surface area contributed by atoms with Gasteiger partial charge in [-0.1, -0.05) is 13.8 Å². The SMILES string of the molecule is CC(CN(C)C(=O)NCC1(C)CCOCC1)C(=O)O. The van der Waals surface area contributed by atoms with Crippen LogP contribution in [0.15, 0.2) is 0 Å². The minimum Gasteiger partial charge on any atom is -0.481 e. The third-order valence-electron chi connectivity index (χ3n) is 3.68. The lowest BCUT2D eigenvalue weighted by Gasteiger charge is -2.34. The molecular formula is C13H24N2O4. The van der Waals surface area contributed by atoms with Gasteiger partial charge in [0.1, 0.15) is 0 Å². The first-order valence-corrected chi connectivity index (χ1v) is 6.63. The predicted octanol–water partition coefficient (Wildman–Crippen LogP) is 1.17. The van der Waals surface area contributed by atoms with Crippen LogP contribution in [0, 0.1) is 11.3 Å². The van der Waals surface area contributed by atoms with E-state index in [1.54, 1.807) is 14.0 Å². The molecule has 1 rings (SSSR count). The molecule has 2 amide bonds. The van der Waals surface area contributed by atoms with Crippen molar-refractivity contribution < 1.29 is 19.4 Å². The Bertz CT molecular complexity index is 327. The van der Waals surface area contributed by atoms with Gasteiger partial charge in [-0.15, -0.1) is 0 Å². The van der Waals surface area contributed by atoms with Crippen LogP contribution >= 0.6 is 0 Å². The molecule has 0 aliphatic carbocycles. The number of urea groups is 1. The molecule has 1 aliphatic heterocycles. The molecule has 0 radical (unpaired) electrons. The summed E-state index contributed by atoms with van der Waals surface area (Å²) in [6.45, 7) is 6.00. The highest BCUT2D eigenvalue weighted by Crippen LogP contribution is 2.28. The second-order valence-electron chi connectivity index (χ2n) is 5.70. The summed E-state index contributed by atoms with van der Waals surface area (Å²) in [7, 11) is 1.61. The monoisotopic (exact) mass is 272 g/mol. The Morgan fingerprint density at radius 1 is 1.42 bits per heavy atom. The highest BCUT2D eigenvalue weighted by atomic mass is 16.5. The molecule has 0 saturated carbocycles. The van der Waals surface area contributed by atoms with Gasteiger partial charge in [0.05, 0.1) is 5.92 Å². The van der Waals surface area contributed by atoms with E-state index >= 15 is 0 Å². The number of rotatable bonds is 5. The van der Waals surface area contributed by atoms with E-state index in [0.717, 1.165) is 26.1 Å². The maximum atomic E-state index is 11.9. The van der Waals surface area contributed by atoms with Crippen molar-refractivity contribution in [1.82, 2.24) is 10.2 Å². The number of nitrogens with one attached hydrogen (secondary N) is 1. The number of amides is 2. The number of hydrogen-bond acceptors (Lipinski definition) is 3. The summed E-state index contributed by atoms with van der Waals surface area (Å²) in [5.74, 6) is -1.45. The number of nitrogens with zero attached hydrogens (tertiary/aromatic N) is 1. The summed E-state index contributed by atoms with van der Waals surface area (Å²) < 4.78 is 5.31. The zero-order valence-electron chi connectivity index (χ0n) is 11.9. The van der Waals surface area contributed by atoms with Crippen molar-refractivity contribution in [3.05, 3.63) is 0 Å². The van der Waals surface area contributed by atoms with E-state index in [-0.39, 0.29) is 18.0 Å². The van der Waals surface area contributed by atoms with E-state index in [4.69, 9.17) is 9.84 Å². The van der Waals surface area contributed by atoms with Gasteiger partial charge in [-0.3, -0.25) is 4.79 Å². The molecule has 0 aromatic carbocycles. The Balaban J connectivity index is 2.35. The molecule has 0 aromatic heterocycles. The Kier molecular flexibility index (Phi) is 5.60. The molecule has 2 N–H and O–H groups in total. The normalized spacial score (nSPS) is 19.5. The molecule has 1 heterocycles. The van der Waals surface area contributed by atoms with Gasteiger partial charge in [0.2, 0.25) is 0 Å². The van der Waals surface area contributed by atoms with Crippen LogP contribution < -0.4 is 5.32 Å². The Morgan fingerprint density at radius 2 is 2.00 bits per heavy atom. The Hall–Kier alpha value is -1.30. The van der Waals surface area contributed by atoms with Crippen molar-refractivity contribution in [2.75, 3.05) is 33.4 Å². The van der Waals surface area contributed by atoms with Gasteiger partial charge >= 0.3 is 12.0 Å². The number of carboxylic acids is 1. The van der Waals surface area contributed by atoms with Gasteiger partial charge in [-0.2, -0.15) is 0 Å². The first-order valence-electron chi connectivity index (χ1n) is 6.63. The third kappa shape index (κ3) is 5.06. The van der Waals surface area contributed by atoms with E-state index in [1.165, 1.54) is 4.90 Å². The summed E-state index contributed by atoms with van der Waals surface area (Å²) in [5, 5.41) is 11.7. The van der Waals surface area contributed by atoms with Crippen molar-refractivity contribution in [3.63, 3.8) is 0 Å². The molecule has 6 nitrogen and oxygen atoms in total. The van der Waals surface area contributed by atoms with E-state index in [0.29, 0.717) is 6.54 Å². The Labute approximate surface area is 114 Å². The van der Waals surface area contributed by atoms with Crippen LogP contribution in [-0.4, -0.2) is 55.4 Å². The summed E-state index contributed by atoms with van der Waals surface area (Å²) in [5.41, 5.74) is 0.0766. The summed E-state index contributed by atoms with van der Waals surface area (Å²) in [6.07, 6.45) is 1.87. The molecule has 1 aliphatic rings. The summed E-state index contributed by atoms with van der Waals surface area (Å²) in [6, 6.07) is -0.221. The number of aliphatic carboxylic acids is 1. The average molecular weight is 272 g/mol. The maximum absolute atomic E-state index is 11.9. The molecule has 0 aromatic rings. The van der Waals surface area contributed by atoms with Gasteiger partial charge in [0, 0.05) is 33.4 Å². The first kappa shape index (κ1) is 15.8. The molecule has 1 unspecified atom stereocenters. The van der Waals surface area contributed by atoms with Crippen LogP contribution in [0.2, 0.25) is 0 Å². The topological polar surface area (TPSA) is 78.9 Å². The number of ether oxygens (including phenoxy) is 1. The largest absolute Gasteiger partial charge is 0.481 e. The van der Waals surface area contributed by atoms with Crippen LogP contribution in [0.25, 0.3) is 0 Å². The van der Waals surface area contributed by atoms with E-state index in [1.807, 2.05) is 0 Å². The van der Waals surface area contributed by atoms with Gasteiger partial charge in [0.25, 0.3) is 0 Å². The van der Waals surface area contributed by atoms with Gasteiger partial charge in [-0.25, -0.2) is 4.79 Å². The predicted molar refractivity (Wildman–Crippen MR) is 71.0 cm³/mol. The number of carboxylic acid groups (broad SMARTS) is 1. The van der Waals surface area contributed by atoms with E-state index < -0.39 is 11.9 Å². The molecule has 0 bridgehead atoms. The fourth-order valence-electron chi connectivity index (χ4n) is 2.04. The number of carbonyl (C=O) groups excluding carboxylic acids is 1. The van der Waals surface area contributed by atoms with Crippen molar-refractivity contribution >= 4 is 12.0 Å². The minimum atomic E-state index is -0.893. The summed E-state index contributed by atoms with van der Waals surface area (Å²) in [4.78, 5) is 24.0. The molecule has 19 heavy (non-hydrogen) atoms.